The second kappa shape index (κ2) is 6.95. The Bertz CT molecular complexity index is 655. The smallest absolute Gasteiger partial charge is 0.322 e. The fourth-order valence-corrected chi connectivity index (χ4v) is 3.01. The summed E-state index contributed by atoms with van der Waals surface area (Å²) in [6.07, 6.45) is 1.18. The van der Waals surface area contributed by atoms with Crippen LogP contribution in [0, 0.1) is 10.1 Å². The van der Waals surface area contributed by atoms with Crippen LogP contribution in [0.1, 0.15) is 12.0 Å². The summed E-state index contributed by atoms with van der Waals surface area (Å²) in [6.45, 7) is 3.35. The van der Waals surface area contributed by atoms with Gasteiger partial charge in [0, 0.05) is 11.6 Å². The molecule has 1 aromatic carbocycles. The molecule has 114 valence electrons. The van der Waals surface area contributed by atoms with E-state index in [0.717, 1.165) is 0 Å². The topological polar surface area (TPSA) is 127 Å². The number of carbonyl (C=O) groups is 1. The van der Waals surface area contributed by atoms with Crippen LogP contribution in [-0.4, -0.2) is 30.5 Å². The summed E-state index contributed by atoms with van der Waals surface area (Å²) in [4.78, 5) is 21.0. The van der Waals surface area contributed by atoms with Crippen LogP contribution >= 0.6 is 0 Å². The molecule has 1 aromatic rings. The zero-order valence-corrected chi connectivity index (χ0v) is 11.7. The van der Waals surface area contributed by atoms with E-state index in [1.54, 1.807) is 0 Å². The van der Waals surface area contributed by atoms with Crippen LogP contribution in [-0.2, 0) is 20.6 Å². The van der Waals surface area contributed by atoms with Crippen molar-refractivity contribution in [1.29, 1.82) is 0 Å². The zero-order chi connectivity index (χ0) is 16.0. The highest BCUT2D eigenvalue weighted by Gasteiger charge is 2.25. The number of carboxylic acid groups (broad SMARTS) is 1. The van der Waals surface area contributed by atoms with Gasteiger partial charge in [0.25, 0.3) is 5.69 Å². The molecule has 0 radical (unpaired) electrons. The van der Waals surface area contributed by atoms with Gasteiger partial charge in [0.05, 0.1) is 10.7 Å². The predicted molar refractivity (Wildman–Crippen MR) is 75.1 cm³/mol. The van der Waals surface area contributed by atoms with Gasteiger partial charge in [-0.1, -0.05) is 24.3 Å². The van der Waals surface area contributed by atoms with Gasteiger partial charge in [0.2, 0.25) is 10.0 Å². The fourth-order valence-electron chi connectivity index (χ4n) is 1.64. The first kappa shape index (κ1) is 16.8. The van der Waals surface area contributed by atoms with E-state index in [1.807, 2.05) is 4.72 Å². The Labute approximate surface area is 121 Å². The molecule has 0 bridgehead atoms. The van der Waals surface area contributed by atoms with E-state index in [2.05, 4.69) is 6.58 Å². The van der Waals surface area contributed by atoms with Crippen LogP contribution < -0.4 is 4.72 Å². The largest absolute Gasteiger partial charge is 0.480 e. The van der Waals surface area contributed by atoms with Crippen LogP contribution in [0.25, 0.3) is 0 Å². The third kappa shape index (κ3) is 4.97. The molecule has 21 heavy (non-hydrogen) atoms. The van der Waals surface area contributed by atoms with Gasteiger partial charge in [-0.15, -0.1) is 6.58 Å². The standard InChI is InChI=1S/C12H14N2O6S/c1-2-5-10(12(15)16)13-21(19,20)8-9-6-3-4-7-11(9)14(17)18/h2-4,6-7,10,13H,1,5,8H2,(H,15,16). The molecule has 0 amide bonds. The molecule has 0 aliphatic carbocycles. The minimum Gasteiger partial charge on any atom is -0.480 e. The Morgan fingerprint density at radius 1 is 1.48 bits per heavy atom. The normalized spacial score (nSPS) is 12.6. The molecule has 1 unspecified atom stereocenters. The maximum absolute atomic E-state index is 11.9. The summed E-state index contributed by atoms with van der Waals surface area (Å²) in [5.41, 5.74) is -0.351. The van der Waals surface area contributed by atoms with Gasteiger partial charge < -0.3 is 5.11 Å². The van der Waals surface area contributed by atoms with E-state index in [0.29, 0.717) is 0 Å². The van der Waals surface area contributed by atoms with Crippen molar-refractivity contribution in [3.63, 3.8) is 0 Å². The first-order valence-corrected chi connectivity index (χ1v) is 7.48. The van der Waals surface area contributed by atoms with E-state index in [1.165, 1.54) is 30.3 Å². The minimum atomic E-state index is -4.04. The average molecular weight is 314 g/mol. The molecule has 8 nitrogen and oxygen atoms in total. The molecule has 0 saturated heterocycles. The van der Waals surface area contributed by atoms with Crippen molar-refractivity contribution >= 4 is 21.7 Å². The lowest BCUT2D eigenvalue weighted by Crippen LogP contribution is -2.40. The van der Waals surface area contributed by atoms with Crippen LogP contribution in [0.2, 0.25) is 0 Å². The highest BCUT2D eigenvalue weighted by Crippen LogP contribution is 2.20. The summed E-state index contributed by atoms with van der Waals surface area (Å²) in [5.74, 6) is -2.02. The van der Waals surface area contributed by atoms with Crippen LogP contribution in [0.4, 0.5) is 5.69 Å². The average Bonchev–Trinajstić information content (AvgIpc) is 2.37. The molecule has 2 N–H and O–H groups in total. The Morgan fingerprint density at radius 2 is 2.10 bits per heavy atom. The first-order chi connectivity index (χ1) is 9.76. The highest BCUT2D eigenvalue weighted by atomic mass is 32.2. The Morgan fingerprint density at radius 3 is 2.62 bits per heavy atom. The van der Waals surface area contributed by atoms with E-state index in [-0.39, 0.29) is 17.7 Å². The highest BCUT2D eigenvalue weighted by molar-refractivity contribution is 7.88. The summed E-state index contributed by atoms with van der Waals surface area (Å²) < 4.78 is 25.9. The first-order valence-electron chi connectivity index (χ1n) is 5.83. The number of rotatable bonds is 8. The molecule has 0 aliphatic heterocycles. The lowest BCUT2D eigenvalue weighted by molar-refractivity contribution is -0.385. The number of nitro groups is 1. The number of para-hydroxylation sites is 1. The SMILES string of the molecule is C=CCC(NS(=O)(=O)Cc1ccccc1[N+](=O)[O-])C(=O)O. The van der Waals surface area contributed by atoms with Gasteiger partial charge in [0.1, 0.15) is 6.04 Å². The van der Waals surface area contributed by atoms with Crippen LogP contribution in [0.15, 0.2) is 36.9 Å². The summed E-state index contributed by atoms with van der Waals surface area (Å²) >= 11 is 0. The maximum Gasteiger partial charge on any atom is 0.322 e. The van der Waals surface area contributed by atoms with Crippen molar-refractivity contribution in [1.82, 2.24) is 4.72 Å². The molecular weight excluding hydrogens is 300 g/mol. The summed E-state index contributed by atoms with van der Waals surface area (Å²) in [5, 5.41) is 19.7. The van der Waals surface area contributed by atoms with Crippen molar-refractivity contribution in [2.75, 3.05) is 0 Å². The van der Waals surface area contributed by atoms with Crippen molar-refractivity contribution < 1.29 is 23.2 Å². The Hall–Kier alpha value is -2.26. The second-order valence-corrected chi connectivity index (χ2v) is 5.93. The molecule has 0 saturated carbocycles. The van der Waals surface area contributed by atoms with Gasteiger partial charge in [-0.05, 0) is 6.42 Å². The van der Waals surface area contributed by atoms with Gasteiger partial charge in [-0.2, -0.15) is 0 Å². The van der Waals surface area contributed by atoms with Gasteiger partial charge >= 0.3 is 5.97 Å². The lowest BCUT2D eigenvalue weighted by Gasteiger charge is -2.13. The number of carboxylic acids is 1. The number of nitrogens with zero attached hydrogens (tertiary/aromatic N) is 1. The molecule has 9 heteroatoms. The molecular formula is C12H14N2O6S. The number of sulfonamides is 1. The molecule has 0 spiro atoms. The molecule has 0 fully saturated rings. The molecule has 0 aromatic heterocycles. The summed E-state index contributed by atoms with van der Waals surface area (Å²) in [6, 6.07) is 4.02. The number of hydrogen-bond acceptors (Lipinski definition) is 5. The molecule has 0 aliphatic rings. The maximum atomic E-state index is 11.9. The van der Waals surface area contributed by atoms with E-state index >= 15 is 0 Å². The number of hydrogen-bond donors (Lipinski definition) is 2. The summed E-state index contributed by atoms with van der Waals surface area (Å²) in [7, 11) is -4.04. The lowest BCUT2D eigenvalue weighted by atomic mass is 10.2. The van der Waals surface area contributed by atoms with E-state index in [9.17, 15) is 23.3 Å². The fraction of sp³-hybridized carbons (Fsp3) is 0.250. The number of benzene rings is 1. The predicted octanol–water partition coefficient (Wildman–Crippen LogP) is 1.04. The number of nitrogens with one attached hydrogen (secondary N) is 1. The van der Waals surface area contributed by atoms with Crippen LogP contribution in [0.3, 0.4) is 0 Å². The monoisotopic (exact) mass is 314 g/mol. The number of aliphatic carboxylic acids is 1. The van der Waals surface area contributed by atoms with Gasteiger partial charge in [0.15, 0.2) is 0 Å². The number of nitro benzene ring substituents is 1. The van der Waals surface area contributed by atoms with Crippen molar-refractivity contribution in [2.24, 2.45) is 0 Å². The van der Waals surface area contributed by atoms with Gasteiger partial charge in [-0.25, -0.2) is 13.1 Å². The minimum absolute atomic E-state index is 0.0160. The quantitative estimate of drug-likeness (QED) is 0.419. The van der Waals surface area contributed by atoms with Crippen molar-refractivity contribution in [3.8, 4) is 0 Å². The Kier molecular flexibility index (Phi) is 5.56. The van der Waals surface area contributed by atoms with Gasteiger partial charge in [-0.3, -0.25) is 14.9 Å². The van der Waals surface area contributed by atoms with Crippen molar-refractivity contribution in [2.45, 2.75) is 18.2 Å². The third-order valence-corrected chi connectivity index (χ3v) is 3.89. The van der Waals surface area contributed by atoms with E-state index < -0.39 is 32.7 Å². The second-order valence-electron chi connectivity index (χ2n) is 4.18. The Balaban J connectivity index is 2.98. The third-order valence-electron chi connectivity index (χ3n) is 2.56. The zero-order valence-electron chi connectivity index (χ0n) is 10.9. The molecule has 0 heterocycles. The molecule has 1 atom stereocenters. The molecule has 1 rings (SSSR count). The van der Waals surface area contributed by atoms with Crippen LogP contribution in [0.5, 0.6) is 0 Å². The van der Waals surface area contributed by atoms with E-state index in [4.69, 9.17) is 5.11 Å². The van der Waals surface area contributed by atoms with Crippen molar-refractivity contribution in [3.05, 3.63) is 52.6 Å².